The molecule has 6 heteroatoms. The van der Waals surface area contributed by atoms with Crippen LogP contribution < -0.4 is 19.5 Å². The second-order valence-electron chi connectivity index (χ2n) is 5.38. The van der Waals surface area contributed by atoms with Gasteiger partial charge in [-0.25, -0.2) is 0 Å². The summed E-state index contributed by atoms with van der Waals surface area (Å²) in [6.07, 6.45) is 0.663. The molecule has 2 aromatic carbocycles. The molecule has 0 aromatic heterocycles. The van der Waals surface area contributed by atoms with Crippen LogP contribution in [-0.4, -0.2) is 26.7 Å². The molecule has 0 spiro atoms. The Kier molecular flexibility index (Phi) is 4.81. The number of ether oxygens (including phenoxy) is 3. The first-order valence-corrected chi connectivity index (χ1v) is 7.96. The maximum Gasteiger partial charge on any atom is 0.259 e. The molecule has 1 heterocycles. The van der Waals surface area contributed by atoms with E-state index >= 15 is 0 Å². The largest absolute Gasteiger partial charge is 0.496 e. The maximum absolute atomic E-state index is 12.8. The van der Waals surface area contributed by atoms with Gasteiger partial charge in [0, 0.05) is 17.0 Å². The van der Waals surface area contributed by atoms with Crippen molar-refractivity contribution in [2.75, 3.05) is 20.8 Å². The third kappa shape index (κ3) is 3.12. The molecule has 24 heavy (non-hydrogen) atoms. The Bertz CT molecular complexity index is 740. The number of amides is 1. The van der Waals surface area contributed by atoms with Gasteiger partial charge < -0.3 is 19.5 Å². The molecule has 0 saturated heterocycles. The van der Waals surface area contributed by atoms with Gasteiger partial charge in [0.1, 0.15) is 22.8 Å². The van der Waals surface area contributed by atoms with Crippen molar-refractivity contribution in [1.29, 1.82) is 0 Å². The third-order valence-corrected chi connectivity index (χ3v) is 4.21. The summed E-state index contributed by atoms with van der Waals surface area (Å²) in [5.41, 5.74) is 1.24. The van der Waals surface area contributed by atoms with E-state index in [4.69, 9.17) is 25.8 Å². The van der Waals surface area contributed by atoms with E-state index in [2.05, 4.69) is 5.32 Å². The molecule has 5 nitrogen and oxygen atoms in total. The number of methoxy groups -OCH3 is 2. The molecule has 3 rings (SSSR count). The van der Waals surface area contributed by atoms with Crippen LogP contribution in [0.2, 0.25) is 5.02 Å². The van der Waals surface area contributed by atoms with E-state index < -0.39 is 0 Å². The molecule has 0 radical (unpaired) electrons. The molecule has 1 amide bonds. The van der Waals surface area contributed by atoms with Crippen molar-refractivity contribution >= 4 is 17.5 Å². The number of hydrogen-bond donors (Lipinski definition) is 1. The summed E-state index contributed by atoms with van der Waals surface area (Å²) in [5.74, 6) is 1.40. The van der Waals surface area contributed by atoms with Crippen molar-refractivity contribution in [1.82, 2.24) is 5.32 Å². The van der Waals surface area contributed by atoms with Gasteiger partial charge in [-0.05, 0) is 30.3 Å². The van der Waals surface area contributed by atoms with Crippen molar-refractivity contribution < 1.29 is 19.0 Å². The summed E-state index contributed by atoms with van der Waals surface area (Å²) in [5, 5.41) is 3.64. The summed E-state index contributed by atoms with van der Waals surface area (Å²) in [4.78, 5) is 12.8. The van der Waals surface area contributed by atoms with Crippen LogP contribution in [-0.2, 0) is 0 Å². The summed E-state index contributed by atoms with van der Waals surface area (Å²) < 4.78 is 16.2. The molecule has 2 aromatic rings. The fraction of sp³-hybridized carbons (Fsp3) is 0.278. The predicted octanol–water partition coefficient (Wildman–Crippen LogP) is 3.61. The van der Waals surface area contributed by atoms with Gasteiger partial charge in [-0.15, -0.1) is 0 Å². The van der Waals surface area contributed by atoms with E-state index in [0.29, 0.717) is 35.1 Å². The van der Waals surface area contributed by atoms with Crippen LogP contribution in [0.4, 0.5) is 0 Å². The molecule has 126 valence electrons. The van der Waals surface area contributed by atoms with Gasteiger partial charge in [0.05, 0.1) is 26.9 Å². The van der Waals surface area contributed by atoms with Crippen molar-refractivity contribution in [2.45, 2.75) is 12.5 Å². The number of hydrogen-bond acceptors (Lipinski definition) is 4. The Morgan fingerprint density at radius 3 is 2.58 bits per heavy atom. The van der Waals surface area contributed by atoms with Gasteiger partial charge in [0.2, 0.25) is 0 Å². The van der Waals surface area contributed by atoms with Gasteiger partial charge in [0.25, 0.3) is 5.91 Å². The number of carbonyl (C=O) groups excluding carboxylic acids is 1. The second-order valence-corrected chi connectivity index (χ2v) is 5.82. The third-order valence-electron chi connectivity index (χ3n) is 3.97. The number of halogens is 1. The average Bonchev–Trinajstić information content (AvgIpc) is 2.61. The Morgan fingerprint density at radius 2 is 1.92 bits per heavy atom. The average molecular weight is 348 g/mol. The van der Waals surface area contributed by atoms with Crippen LogP contribution in [0.1, 0.15) is 28.4 Å². The lowest BCUT2D eigenvalue weighted by molar-refractivity contribution is 0.0918. The van der Waals surface area contributed by atoms with Gasteiger partial charge in [-0.1, -0.05) is 17.7 Å². The highest BCUT2D eigenvalue weighted by Gasteiger charge is 2.26. The second kappa shape index (κ2) is 7.01. The molecule has 1 N–H and O–H groups in total. The molecule has 0 fully saturated rings. The van der Waals surface area contributed by atoms with Crippen molar-refractivity contribution in [2.24, 2.45) is 0 Å². The SMILES string of the molecule is COc1cccc(OC)c1C(=O)NC1CCOc2ccc(Cl)cc21. The minimum atomic E-state index is -0.262. The van der Waals surface area contributed by atoms with E-state index in [1.165, 1.54) is 14.2 Å². The van der Waals surface area contributed by atoms with E-state index in [0.717, 1.165) is 11.3 Å². The minimum absolute atomic E-state index is 0.186. The van der Waals surface area contributed by atoms with Crippen molar-refractivity contribution in [3.63, 3.8) is 0 Å². The first-order chi connectivity index (χ1) is 11.6. The number of nitrogens with one attached hydrogen (secondary N) is 1. The molecule has 0 bridgehead atoms. The van der Waals surface area contributed by atoms with Crippen LogP contribution in [0.5, 0.6) is 17.2 Å². The Hall–Kier alpha value is -2.40. The number of fused-ring (bicyclic) bond motifs is 1. The quantitative estimate of drug-likeness (QED) is 0.918. The zero-order valence-corrected chi connectivity index (χ0v) is 14.2. The van der Waals surface area contributed by atoms with Gasteiger partial charge >= 0.3 is 0 Å². The fourth-order valence-electron chi connectivity index (χ4n) is 2.82. The van der Waals surface area contributed by atoms with Crippen LogP contribution >= 0.6 is 11.6 Å². The fourth-order valence-corrected chi connectivity index (χ4v) is 3.00. The summed E-state index contributed by atoms with van der Waals surface area (Å²) in [7, 11) is 3.05. The highest BCUT2D eigenvalue weighted by molar-refractivity contribution is 6.30. The van der Waals surface area contributed by atoms with Gasteiger partial charge in [-0.3, -0.25) is 4.79 Å². The molecular weight excluding hydrogens is 330 g/mol. The van der Waals surface area contributed by atoms with Crippen LogP contribution in [0.15, 0.2) is 36.4 Å². The standard InChI is InChI=1S/C18H18ClNO4/c1-22-15-4-3-5-16(23-2)17(15)18(21)20-13-8-9-24-14-7-6-11(19)10-12(13)14/h3-7,10,13H,8-9H2,1-2H3,(H,20,21). The minimum Gasteiger partial charge on any atom is -0.496 e. The lowest BCUT2D eigenvalue weighted by Crippen LogP contribution is -2.32. The Balaban J connectivity index is 1.91. The van der Waals surface area contributed by atoms with Gasteiger partial charge in [-0.2, -0.15) is 0 Å². The molecule has 1 unspecified atom stereocenters. The van der Waals surface area contributed by atoms with Gasteiger partial charge in [0.15, 0.2) is 0 Å². The predicted molar refractivity (Wildman–Crippen MR) is 91.3 cm³/mol. The zero-order valence-electron chi connectivity index (χ0n) is 13.5. The Morgan fingerprint density at radius 1 is 1.21 bits per heavy atom. The first kappa shape index (κ1) is 16.5. The van der Waals surface area contributed by atoms with Crippen LogP contribution in [0.25, 0.3) is 0 Å². The summed E-state index contributed by atoms with van der Waals surface area (Å²) in [6.45, 7) is 0.530. The molecule has 1 atom stereocenters. The normalized spacial score (nSPS) is 15.9. The highest BCUT2D eigenvalue weighted by Crippen LogP contribution is 2.35. The summed E-state index contributed by atoms with van der Waals surface area (Å²) >= 11 is 6.08. The Labute approximate surface area is 145 Å². The van der Waals surface area contributed by atoms with Crippen LogP contribution in [0, 0.1) is 0 Å². The van der Waals surface area contributed by atoms with E-state index in [9.17, 15) is 4.79 Å². The molecule has 1 aliphatic rings. The van der Waals surface area contributed by atoms with Crippen molar-refractivity contribution in [3.8, 4) is 17.2 Å². The highest BCUT2D eigenvalue weighted by atomic mass is 35.5. The van der Waals surface area contributed by atoms with Crippen molar-refractivity contribution in [3.05, 3.63) is 52.5 Å². The van der Waals surface area contributed by atoms with Crippen LogP contribution in [0.3, 0.4) is 0 Å². The first-order valence-electron chi connectivity index (χ1n) is 7.58. The zero-order chi connectivity index (χ0) is 17.1. The smallest absolute Gasteiger partial charge is 0.259 e. The molecule has 0 aliphatic carbocycles. The number of carbonyl (C=O) groups is 1. The van der Waals surface area contributed by atoms with E-state index in [-0.39, 0.29) is 11.9 Å². The lowest BCUT2D eigenvalue weighted by Gasteiger charge is -2.27. The van der Waals surface area contributed by atoms with E-state index in [1.807, 2.05) is 12.1 Å². The number of rotatable bonds is 4. The molecule has 0 saturated carbocycles. The molecular formula is C18H18ClNO4. The van der Waals surface area contributed by atoms with E-state index in [1.54, 1.807) is 24.3 Å². The topological polar surface area (TPSA) is 56.8 Å². The number of benzene rings is 2. The molecule has 1 aliphatic heterocycles. The lowest BCUT2D eigenvalue weighted by atomic mass is 10.00. The summed E-state index contributed by atoms with van der Waals surface area (Å²) in [6, 6.07) is 10.5. The maximum atomic E-state index is 12.8. The monoisotopic (exact) mass is 347 g/mol.